The van der Waals surface area contributed by atoms with E-state index in [0.717, 1.165) is 5.69 Å². The van der Waals surface area contributed by atoms with Gasteiger partial charge in [-0.15, -0.1) is 0 Å². The maximum Gasteiger partial charge on any atom is 0.143 e. The number of methoxy groups -OCH3 is 1. The summed E-state index contributed by atoms with van der Waals surface area (Å²) < 4.78 is 5.08. The molecule has 1 rings (SSSR count). The molecule has 66 valence electrons. The van der Waals surface area contributed by atoms with Crippen LogP contribution in [0.2, 0.25) is 5.02 Å². The number of hydrogen-bond acceptors (Lipinski definition) is 3. The minimum absolute atomic E-state index is 0.642. The summed E-state index contributed by atoms with van der Waals surface area (Å²) in [5.74, 6) is 6.27. The van der Waals surface area contributed by atoms with Crippen molar-refractivity contribution in [3.05, 3.63) is 23.2 Å². The lowest BCUT2D eigenvalue weighted by Crippen LogP contribution is -2.25. The Bertz CT molecular complexity index is 276. The number of hydrazine groups is 1. The molecular formula is C8H11ClN2O. The normalized spacial score (nSPS) is 9.67. The molecule has 0 aliphatic carbocycles. The Balaban J connectivity index is 3.12. The van der Waals surface area contributed by atoms with Gasteiger partial charge in [0.05, 0.1) is 12.8 Å². The van der Waals surface area contributed by atoms with Crippen LogP contribution in [0.15, 0.2) is 18.2 Å². The van der Waals surface area contributed by atoms with Crippen LogP contribution in [-0.4, -0.2) is 14.2 Å². The summed E-state index contributed by atoms with van der Waals surface area (Å²) in [5, 5.41) is 2.10. The van der Waals surface area contributed by atoms with Gasteiger partial charge in [0.25, 0.3) is 0 Å². The molecule has 0 amide bonds. The van der Waals surface area contributed by atoms with Crippen molar-refractivity contribution in [2.24, 2.45) is 5.84 Å². The summed E-state index contributed by atoms with van der Waals surface area (Å²) in [4.78, 5) is 0. The average molecular weight is 187 g/mol. The van der Waals surface area contributed by atoms with E-state index in [0.29, 0.717) is 10.8 Å². The van der Waals surface area contributed by atoms with Crippen LogP contribution in [0.4, 0.5) is 5.69 Å². The number of anilines is 1. The quantitative estimate of drug-likeness (QED) is 0.564. The number of nitrogens with two attached hydrogens (primary N) is 1. The molecule has 0 fully saturated rings. The molecule has 0 spiro atoms. The van der Waals surface area contributed by atoms with E-state index in [2.05, 4.69) is 0 Å². The first-order chi connectivity index (χ1) is 5.65. The van der Waals surface area contributed by atoms with Crippen LogP contribution in [0.5, 0.6) is 5.75 Å². The third kappa shape index (κ3) is 1.81. The molecule has 0 bridgehead atoms. The lowest BCUT2D eigenvalue weighted by molar-refractivity contribution is 0.415. The van der Waals surface area contributed by atoms with E-state index in [9.17, 15) is 0 Å². The fraction of sp³-hybridized carbons (Fsp3) is 0.250. The van der Waals surface area contributed by atoms with Gasteiger partial charge in [-0.25, -0.2) is 5.84 Å². The van der Waals surface area contributed by atoms with E-state index in [1.165, 1.54) is 5.01 Å². The third-order valence-electron chi connectivity index (χ3n) is 1.52. The van der Waals surface area contributed by atoms with Gasteiger partial charge in [-0.3, -0.25) is 0 Å². The molecule has 1 aromatic rings. The number of benzene rings is 1. The van der Waals surface area contributed by atoms with Crippen LogP contribution in [0.3, 0.4) is 0 Å². The molecule has 0 saturated heterocycles. The van der Waals surface area contributed by atoms with E-state index in [4.69, 9.17) is 22.2 Å². The van der Waals surface area contributed by atoms with Crippen molar-refractivity contribution in [1.29, 1.82) is 0 Å². The predicted molar refractivity (Wildman–Crippen MR) is 50.6 cm³/mol. The van der Waals surface area contributed by atoms with Crippen molar-refractivity contribution >= 4 is 17.3 Å². The molecule has 0 heterocycles. The zero-order valence-corrected chi connectivity index (χ0v) is 7.80. The van der Waals surface area contributed by atoms with Crippen LogP contribution in [-0.2, 0) is 0 Å². The highest BCUT2D eigenvalue weighted by Gasteiger charge is 2.04. The Morgan fingerprint density at radius 1 is 1.50 bits per heavy atom. The maximum atomic E-state index is 5.78. The summed E-state index contributed by atoms with van der Waals surface area (Å²) in [6.07, 6.45) is 0. The third-order valence-corrected chi connectivity index (χ3v) is 1.76. The zero-order valence-electron chi connectivity index (χ0n) is 7.04. The Kier molecular flexibility index (Phi) is 2.78. The van der Waals surface area contributed by atoms with Gasteiger partial charge in [-0.1, -0.05) is 11.6 Å². The van der Waals surface area contributed by atoms with Gasteiger partial charge in [0.1, 0.15) is 5.75 Å². The smallest absolute Gasteiger partial charge is 0.143 e. The lowest BCUT2D eigenvalue weighted by atomic mass is 10.3. The van der Waals surface area contributed by atoms with Gasteiger partial charge in [0, 0.05) is 12.1 Å². The Labute approximate surface area is 76.6 Å². The van der Waals surface area contributed by atoms with Crippen molar-refractivity contribution in [1.82, 2.24) is 0 Å². The first-order valence-electron chi connectivity index (χ1n) is 3.47. The summed E-state index contributed by atoms with van der Waals surface area (Å²) in [5.41, 5.74) is 0.769. The Morgan fingerprint density at radius 2 is 2.17 bits per heavy atom. The van der Waals surface area contributed by atoms with Crippen molar-refractivity contribution in [2.75, 3.05) is 19.2 Å². The van der Waals surface area contributed by atoms with Crippen LogP contribution in [0.1, 0.15) is 0 Å². The van der Waals surface area contributed by atoms with Crippen molar-refractivity contribution < 1.29 is 4.74 Å². The van der Waals surface area contributed by atoms with E-state index in [1.54, 1.807) is 32.4 Å². The minimum atomic E-state index is 0.642. The van der Waals surface area contributed by atoms with Gasteiger partial charge in [0.2, 0.25) is 0 Å². The highest BCUT2D eigenvalue weighted by atomic mass is 35.5. The van der Waals surface area contributed by atoms with Gasteiger partial charge in [-0.2, -0.15) is 0 Å². The highest BCUT2D eigenvalue weighted by molar-refractivity contribution is 6.30. The largest absolute Gasteiger partial charge is 0.495 e. The summed E-state index contributed by atoms with van der Waals surface area (Å²) in [7, 11) is 3.32. The molecule has 2 N–H and O–H groups in total. The van der Waals surface area contributed by atoms with Crippen LogP contribution in [0, 0.1) is 0 Å². The summed E-state index contributed by atoms with van der Waals surface area (Å²) in [6, 6.07) is 5.29. The number of halogens is 1. The molecule has 4 heteroatoms. The topological polar surface area (TPSA) is 38.5 Å². The van der Waals surface area contributed by atoms with Crippen molar-refractivity contribution in [3.8, 4) is 5.75 Å². The Morgan fingerprint density at radius 3 is 2.67 bits per heavy atom. The van der Waals surface area contributed by atoms with Gasteiger partial charge in [0.15, 0.2) is 0 Å². The number of hydrogen-bond donors (Lipinski definition) is 1. The minimum Gasteiger partial charge on any atom is -0.495 e. The zero-order chi connectivity index (χ0) is 9.14. The molecule has 1 aromatic carbocycles. The molecule has 12 heavy (non-hydrogen) atoms. The summed E-state index contributed by atoms with van der Waals surface area (Å²) in [6.45, 7) is 0. The average Bonchev–Trinajstić information content (AvgIpc) is 2.04. The van der Waals surface area contributed by atoms with Crippen molar-refractivity contribution in [2.45, 2.75) is 0 Å². The van der Waals surface area contributed by atoms with Gasteiger partial charge >= 0.3 is 0 Å². The standard InChI is InChI=1S/C8H11ClN2O/c1-11(10)7-5-6(9)3-4-8(7)12-2/h3-5H,10H2,1-2H3. The van der Waals surface area contributed by atoms with E-state index in [-0.39, 0.29) is 0 Å². The van der Waals surface area contributed by atoms with E-state index >= 15 is 0 Å². The van der Waals surface area contributed by atoms with E-state index < -0.39 is 0 Å². The predicted octanol–water partition coefficient (Wildman–Crippen LogP) is 1.66. The highest BCUT2D eigenvalue weighted by Crippen LogP contribution is 2.28. The SMILES string of the molecule is COc1ccc(Cl)cc1N(C)N. The molecule has 0 radical (unpaired) electrons. The fourth-order valence-corrected chi connectivity index (χ4v) is 1.11. The van der Waals surface area contributed by atoms with Crippen LogP contribution >= 0.6 is 11.6 Å². The van der Waals surface area contributed by atoms with Gasteiger partial charge < -0.3 is 9.75 Å². The molecule has 0 unspecified atom stereocenters. The second kappa shape index (κ2) is 3.65. The second-order valence-electron chi connectivity index (χ2n) is 2.43. The van der Waals surface area contributed by atoms with Crippen LogP contribution in [0.25, 0.3) is 0 Å². The fourth-order valence-electron chi connectivity index (χ4n) is 0.939. The lowest BCUT2D eigenvalue weighted by Gasteiger charge is -2.15. The summed E-state index contributed by atoms with van der Waals surface area (Å²) >= 11 is 5.78. The van der Waals surface area contributed by atoms with Crippen LogP contribution < -0.4 is 15.6 Å². The number of ether oxygens (including phenoxy) is 1. The molecule has 0 saturated carbocycles. The number of nitrogens with zero attached hydrogens (tertiary/aromatic N) is 1. The maximum absolute atomic E-state index is 5.78. The first-order valence-corrected chi connectivity index (χ1v) is 3.85. The Hall–Kier alpha value is -0.930. The molecule has 0 atom stereocenters. The van der Waals surface area contributed by atoms with Crippen molar-refractivity contribution in [3.63, 3.8) is 0 Å². The molecular weight excluding hydrogens is 176 g/mol. The van der Waals surface area contributed by atoms with Gasteiger partial charge in [-0.05, 0) is 18.2 Å². The number of rotatable bonds is 2. The second-order valence-corrected chi connectivity index (χ2v) is 2.86. The molecule has 0 aromatic heterocycles. The monoisotopic (exact) mass is 186 g/mol. The molecule has 0 aliphatic heterocycles. The molecule has 3 nitrogen and oxygen atoms in total. The molecule has 0 aliphatic rings. The van der Waals surface area contributed by atoms with E-state index in [1.807, 2.05) is 0 Å². The first kappa shape index (κ1) is 9.16.